The third-order valence-corrected chi connectivity index (χ3v) is 4.54. The van der Waals surface area contributed by atoms with Gasteiger partial charge >= 0.3 is 5.97 Å². The van der Waals surface area contributed by atoms with E-state index in [0.29, 0.717) is 18.7 Å². The summed E-state index contributed by atoms with van der Waals surface area (Å²) in [4.78, 5) is 38.0. The molecule has 2 amide bonds. The first kappa shape index (κ1) is 19.8. The number of amides is 2. The molecular weight excluding hydrogens is 387 g/mol. The Bertz CT molecular complexity index is 934. The molecule has 0 aliphatic carbocycles. The monoisotopic (exact) mass is 404 g/mol. The quantitative estimate of drug-likeness (QED) is 0.769. The lowest BCUT2D eigenvalue weighted by molar-refractivity contribution is -0.123. The van der Waals surface area contributed by atoms with Crippen molar-refractivity contribution in [1.29, 1.82) is 0 Å². The smallest absolute Gasteiger partial charge is 0.338 e. The Balaban J connectivity index is 1.65. The van der Waals surface area contributed by atoms with E-state index >= 15 is 0 Å². The minimum absolute atomic E-state index is 0.00301. The van der Waals surface area contributed by atoms with Crippen LogP contribution in [-0.4, -0.2) is 30.4 Å². The maximum Gasteiger partial charge on any atom is 0.338 e. The normalized spacial score (nSPS) is 14.7. The number of halogens is 2. The van der Waals surface area contributed by atoms with Crippen LogP contribution in [0.5, 0.6) is 0 Å². The lowest BCUT2D eigenvalue weighted by Gasteiger charge is -2.17. The lowest BCUT2D eigenvalue weighted by Crippen LogP contribution is -2.30. The molecule has 6 nitrogen and oxygen atoms in total. The average molecular weight is 405 g/mol. The van der Waals surface area contributed by atoms with Crippen molar-refractivity contribution in [2.45, 2.75) is 25.9 Å². The Labute approximate surface area is 166 Å². The van der Waals surface area contributed by atoms with Gasteiger partial charge in [0, 0.05) is 23.7 Å². The van der Waals surface area contributed by atoms with Crippen LogP contribution in [0.4, 0.5) is 15.8 Å². The zero-order valence-electron chi connectivity index (χ0n) is 15.1. The summed E-state index contributed by atoms with van der Waals surface area (Å²) in [5.74, 6) is -2.08. The summed E-state index contributed by atoms with van der Waals surface area (Å²) < 4.78 is 19.0. The number of rotatable bonds is 5. The highest BCUT2D eigenvalue weighted by Gasteiger charge is 2.24. The molecule has 1 aliphatic heterocycles. The molecule has 8 heteroatoms. The van der Waals surface area contributed by atoms with Gasteiger partial charge in [0.2, 0.25) is 5.91 Å². The molecule has 0 unspecified atom stereocenters. The van der Waals surface area contributed by atoms with E-state index in [-0.39, 0.29) is 22.2 Å². The molecule has 0 radical (unpaired) electrons. The van der Waals surface area contributed by atoms with Crippen molar-refractivity contribution >= 4 is 40.8 Å². The molecule has 2 aromatic rings. The second kappa shape index (κ2) is 8.39. The van der Waals surface area contributed by atoms with Crippen molar-refractivity contribution in [2.75, 3.05) is 16.8 Å². The van der Waals surface area contributed by atoms with Crippen molar-refractivity contribution in [2.24, 2.45) is 0 Å². The molecule has 0 aromatic heterocycles. The Kier molecular flexibility index (Phi) is 5.94. The number of esters is 1. The number of nitrogens with one attached hydrogen (secondary N) is 1. The highest BCUT2D eigenvalue weighted by molar-refractivity contribution is 6.30. The highest BCUT2D eigenvalue weighted by Crippen LogP contribution is 2.23. The Morgan fingerprint density at radius 1 is 1.25 bits per heavy atom. The summed E-state index contributed by atoms with van der Waals surface area (Å²) in [6, 6.07) is 10.3. The summed E-state index contributed by atoms with van der Waals surface area (Å²) in [5, 5.41) is 2.55. The van der Waals surface area contributed by atoms with Gasteiger partial charge in [0.05, 0.1) is 11.3 Å². The van der Waals surface area contributed by atoms with E-state index in [1.54, 1.807) is 23.1 Å². The van der Waals surface area contributed by atoms with Gasteiger partial charge in [0.1, 0.15) is 5.82 Å². The van der Waals surface area contributed by atoms with Gasteiger partial charge < -0.3 is 15.0 Å². The van der Waals surface area contributed by atoms with Crippen LogP contribution < -0.4 is 10.2 Å². The van der Waals surface area contributed by atoms with Gasteiger partial charge in [-0.25, -0.2) is 9.18 Å². The van der Waals surface area contributed by atoms with Crippen LogP contribution in [0.15, 0.2) is 42.5 Å². The molecular formula is C20H18ClFN2O4. The molecule has 2 aromatic carbocycles. The van der Waals surface area contributed by atoms with Gasteiger partial charge in [0.25, 0.3) is 5.91 Å². The van der Waals surface area contributed by atoms with Crippen LogP contribution in [0.2, 0.25) is 5.02 Å². The number of carbonyl (C=O) groups excluding carboxylic acids is 3. The van der Waals surface area contributed by atoms with Crippen molar-refractivity contribution in [1.82, 2.24) is 0 Å². The number of benzene rings is 2. The number of ether oxygens (including phenoxy) is 1. The molecule has 0 spiro atoms. The fraction of sp³-hybridized carbons (Fsp3) is 0.250. The van der Waals surface area contributed by atoms with E-state index in [0.717, 1.165) is 12.5 Å². The molecule has 3 rings (SSSR count). The summed E-state index contributed by atoms with van der Waals surface area (Å²) in [5.41, 5.74) is 0.763. The predicted octanol–water partition coefficient (Wildman–Crippen LogP) is 3.79. The largest absolute Gasteiger partial charge is 0.449 e. The lowest BCUT2D eigenvalue weighted by atomic mass is 10.2. The Morgan fingerprint density at radius 3 is 2.71 bits per heavy atom. The fourth-order valence-electron chi connectivity index (χ4n) is 2.83. The first-order valence-corrected chi connectivity index (χ1v) is 9.10. The van der Waals surface area contributed by atoms with Crippen LogP contribution in [0.25, 0.3) is 0 Å². The summed E-state index contributed by atoms with van der Waals surface area (Å²) in [6.45, 7) is 1.98. The number of anilines is 2. The summed E-state index contributed by atoms with van der Waals surface area (Å²) >= 11 is 5.67. The number of nitrogens with zero attached hydrogens (tertiary/aromatic N) is 1. The highest BCUT2D eigenvalue weighted by atomic mass is 35.5. The Morgan fingerprint density at radius 2 is 2.04 bits per heavy atom. The molecule has 1 aliphatic rings. The minimum atomic E-state index is -1.15. The molecule has 1 heterocycles. The van der Waals surface area contributed by atoms with E-state index in [4.69, 9.17) is 16.3 Å². The third-order valence-electron chi connectivity index (χ3n) is 4.31. The van der Waals surface area contributed by atoms with E-state index in [2.05, 4.69) is 5.32 Å². The maximum atomic E-state index is 13.8. The van der Waals surface area contributed by atoms with Crippen LogP contribution in [-0.2, 0) is 14.3 Å². The second-order valence-corrected chi connectivity index (χ2v) is 6.80. The molecule has 1 saturated heterocycles. The van der Waals surface area contributed by atoms with Crippen molar-refractivity contribution < 1.29 is 23.5 Å². The SMILES string of the molecule is C[C@H](OC(=O)c1cccc(N2CCCC2=O)c1)C(=O)Nc1ccc(Cl)cc1F. The summed E-state index contributed by atoms with van der Waals surface area (Å²) in [7, 11) is 0. The zero-order valence-corrected chi connectivity index (χ0v) is 15.8. The van der Waals surface area contributed by atoms with Gasteiger partial charge in [-0.3, -0.25) is 9.59 Å². The number of hydrogen-bond acceptors (Lipinski definition) is 4. The molecule has 1 N–H and O–H groups in total. The molecule has 1 fully saturated rings. The van der Waals surface area contributed by atoms with E-state index < -0.39 is 23.8 Å². The van der Waals surface area contributed by atoms with Gasteiger partial charge in [-0.2, -0.15) is 0 Å². The van der Waals surface area contributed by atoms with Crippen LogP contribution in [0.1, 0.15) is 30.1 Å². The molecule has 0 bridgehead atoms. The van der Waals surface area contributed by atoms with Gasteiger partial charge in [-0.05, 0) is 49.7 Å². The van der Waals surface area contributed by atoms with Crippen LogP contribution >= 0.6 is 11.6 Å². The first-order chi connectivity index (χ1) is 13.3. The molecule has 28 heavy (non-hydrogen) atoms. The van der Waals surface area contributed by atoms with Crippen molar-refractivity contribution in [3.8, 4) is 0 Å². The number of hydrogen-bond donors (Lipinski definition) is 1. The van der Waals surface area contributed by atoms with Gasteiger partial charge in [-0.1, -0.05) is 17.7 Å². The van der Waals surface area contributed by atoms with E-state index in [9.17, 15) is 18.8 Å². The average Bonchev–Trinajstić information content (AvgIpc) is 3.10. The number of carbonyl (C=O) groups is 3. The van der Waals surface area contributed by atoms with Gasteiger partial charge in [-0.15, -0.1) is 0 Å². The van der Waals surface area contributed by atoms with Crippen LogP contribution in [0, 0.1) is 5.82 Å². The summed E-state index contributed by atoms with van der Waals surface area (Å²) in [6.07, 6.45) is 0.0960. The fourth-order valence-corrected chi connectivity index (χ4v) is 2.99. The Hall–Kier alpha value is -2.93. The molecule has 146 valence electrons. The predicted molar refractivity (Wildman–Crippen MR) is 103 cm³/mol. The van der Waals surface area contributed by atoms with Crippen molar-refractivity contribution in [3.63, 3.8) is 0 Å². The van der Waals surface area contributed by atoms with Crippen LogP contribution in [0.3, 0.4) is 0 Å². The second-order valence-electron chi connectivity index (χ2n) is 6.36. The third kappa shape index (κ3) is 4.48. The van der Waals surface area contributed by atoms with E-state index in [1.807, 2.05) is 0 Å². The maximum absolute atomic E-state index is 13.8. The van der Waals surface area contributed by atoms with Gasteiger partial charge in [0.15, 0.2) is 6.10 Å². The molecule has 0 saturated carbocycles. The topological polar surface area (TPSA) is 75.7 Å². The minimum Gasteiger partial charge on any atom is -0.449 e. The van der Waals surface area contributed by atoms with E-state index in [1.165, 1.54) is 25.1 Å². The van der Waals surface area contributed by atoms with Crippen molar-refractivity contribution in [3.05, 3.63) is 58.9 Å². The first-order valence-electron chi connectivity index (χ1n) is 8.72. The zero-order chi connectivity index (χ0) is 20.3. The standard InChI is InChI=1S/C20H18ClFN2O4/c1-12(19(26)23-17-8-7-14(21)11-16(17)22)28-20(27)13-4-2-5-15(10-13)24-9-3-6-18(24)25/h2,4-5,7-8,10-12H,3,6,9H2,1H3,(H,23,26)/t12-/m0/s1. The molecule has 1 atom stereocenters.